The second kappa shape index (κ2) is 6.11. The minimum atomic E-state index is -0.140. The summed E-state index contributed by atoms with van der Waals surface area (Å²) in [5.41, 5.74) is 0. The molecule has 0 fully saturated rings. The molecule has 0 rings (SSSR count). The molecular weight excluding hydrogens is 115 g/mol. The van der Waals surface area contributed by atoms with Crippen molar-refractivity contribution in [1.82, 2.24) is 0 Å². The molecule has 0 heterocycles. The van der Waals surface area contributed by atoms with Crippen molar-refractivity contribution in [2.75, 3.05) is 0 Å². The van der Waals surface area contributed by atoms with Gasteiger partial charge in [-0.25, -0.2) is 0 Å². The quantitative estimate of drug-likeness (QED) is 0.558. The Morgan fingerprint density at radius 1 is 1.56 bits per heavy atom. The molecule has 1 unspecified atom stereocenters. The van der Waals surface area contributed by atoms with Gasteiger partial charge in [0.2, 0.25) is 0 Å². The maximum Gasteiger partial charge on any atom is 0.435 e. The first kappa shape index (κ1) is 8.98. The molecule has 0 aliphatic carbocycles. The van der Waals surface area contributed by atoms with Gasteiger partial charge in [0.05, 0.1) is 0 Å². The molecule has 0 radical (unpaired) electrons. The summed E-state index contributed by atoms with van der Waals surface area (Å²) < 4.78 is 4.99. The lowest BCUT2D eigenvalue weighted by molar-refractivity contribution is 0.168. The van der Waals surface area contributed by atoms with Crippen LogP contribution in [0.5, 0.6) is 0 Å². The Morgan fingerprint density at radius 3 is 2.56 bits per heavy atom. The van der Waals surface area contributed by atoms with Gasteiger partial charge in [0, 0.05) is 6.10 Å². The Hall–Kier alpha value is -0.0151. The van der Waals surface area contributed by atoms with Crippen LogP contribution in [0.1, 0.15) is 33.1 Å². The summed E-state index contributed by atoms with van der Waals surface area (Å²) >= 11 is 0. The molecule has 0 bridgehead atoms. The smallest absolute Gasteiger partial charge is 0.430 e. The Bertz CT molecular complexity index is 53.0. The van der Waals surface area contributed by atoms with Gasteiger partial charge in [-0.15, -0.1) is 0 Å². The summed E-state index contributed by atoms with van der Waals surface area (Å²) in [6, 6.07) is 0. The molecule has 0 saturated heterocycles. The van der Waals surface area contributed by atoms with Crippen molar-refractivity contribution in [3.8, 4) is 0 Å². The van der Waals surface area contributed by atoms with Crippen LogP contribution in [0.2, 0.25) is 0 Å². The van der Waals surface area contributed by atoms with Crippen molar-refractivity contribution >= 4 is 7.69 Å². The predicted molar refractivity (Wildman–Crippen MR) is 39.4 cm³/mol. The van der Waals surface area contributed by atoms with Gasteiger partial charge in [0.25, 0.3) is 0 Å². The van der Waals surface area contributed by atoms with Crippen LogP contribution in [0.4, 0.5) is 0 Å². The summed E-state index contributed by atoms with van der Waals surface area (Å²) in [4.78, 5) is 0. The van der Waals surface area contributed by atoms with E-state index in [9.17, 15) is 0 Å². The molecule has 0 saturated carbocycles. The Morgan fingerprint density at radius 2 is 2.22 bits per heavy atom. The van der Waals surface area contributed by atoms with Crippen molar-refractivity contribution in [3.63, 3.8) is 0 Å². The normalized spacial score (nSPS) is 13.2. The average Bonchev–Trinajstić information content (AvgIpc) is 1.88. The number of hydrogen-bond acceptors (Lipinski definition) is 2. The fourth-order valence-corrected chi connectivity index (χ4v) is 0.833. The van der Waals surface area contributed by atoms with Crippen molar-refractivity contribution in [2.24, 2.45) is 0 Å². The lowest BCUT2D eigenvalue weighted by Crippen LogP contribution is -2.13. The zero-order valence-electron chi connectivity index (χ0n) is 6.26. The van der Waals surface area contributed by atoms with Gasteiger partial charge in [0.15, 0.2) is 0 Å². The first-order valence-corrected chi connectivity index (χ1v) is 3.57. The maximum absolute atomic E-state index is 8.37. The van der Waals surface area contributed by atoms with Crippen LogP contribution in [-0.4, -0.2) is 18.8 Å². The average molecular weight is 130 g/mol. The standard InChI is InChI=1S/C6H15BO2/c1-3-5-6(4-2)9-7-8/h6-8H,3-5H2,1-2H3. The van der Waals surface area contributed by atoms with Gasteiger partial charge < -0.3 is 9.68 Å². The first-order chi connectivity index (χ1) is 4.35. The summed E-state index contributed by atoms with van der Waals surface area (Å²) in [6.45, 7) is 4.18. The minimum absolute atomic E-state index is 0.140. The van der Waals surface area contributed by atoms with E-state index in [1.807, 2.05) is 0 Å². The van der Waals surface area contributed by atoms with E-state index in [-0.39, 0.29) is 13.8 Å². The highest BCUT2D eigenvalue weighted by atomic mass is 16.5. The topological polar surface area (TPSA) is 29.5 Å². The summed E-state index contributed by atoms with van der Waals surface area (Å²) in [5, 5.41) is 8.37. The van der Waals surface area contributed by atoms with E-state index in [2.05, 4.69) is 13.8 Å². The van der Waals surface area contributed by atoms with Crippen LogP contribution < -0.4 is 0 Å². The Labute approximate surface area is 57.5 Å². The van der Waals surface area contributed by atoms with Gasteiger partial charge in [-0.1, -0.05) is 20.3 Å². The molecule has 3 heteroatoms. The molecule has 0 aromatic heterocycles. The summed E-state index contributed by atoms with van der Waals surface area (Å²) in [5.74, 6) is 0. The Kier molecular flexibility index (Phi) is 6.10. The second-order valence-corrected chi connectivity index (χ2v) is 2.11. The molecule has 0 amide bonds. The van der Waals surface area contributed by atoms with Gasteiger partial charge >= 0.3 is 7.69 Å². The molecule has 0 aromatic rings. The molecule has 0 aliphatic rings. The maximum atomic E-state index is 8.37. The predicted octanol–water partition coefficient (Wildman–Crippen LogP) is 0.840. The van der Waals surface area contributed by atoms with Crippen LogP contribution in [0.15, 0.2) is 0 Å². The van der Waals surface area contributed by atoms with E-state index in [4.69, 9.17) is 9.68 Å². The van der Waals surface area contributed by atoms with E-state index >= 15 is 0 Å². The van der Waals surface area contributed by atoms with Gasteiger partial charge in [0.1, 0.15) is 0 Å². The molecule has 9 heavy (non-hydrogen) atoms. The monoisotopic (exact) mass is 130 g/mol. The summed E-state index contributed by atoms with van der Waals surface area (Å²) in [7, 11) is -0.140. The van der Waals surface area contributed by atoms with Crippen LogP contribution in [0, 0.1) is 0 Å². The molecule has 0 aromatic carbocycles. The van der Waals surface area contributed by atoms with E-state index in [1.165, 1.54) is 0 Å². The largest absolute Gasteiger partial charge is 0.435 e. The van der Waals surface area contributed by atoms with E-state index in [0.717, 1.165) is 19.3 Å². The van der Waals surface area contributed by atoms with Gasteiger partial charge in [-0.2, -0.15) is 0 Å². The van der Waals surface area contributed by atoms with E-state index < -0.39 is 0 Å². The van der Waals surface area contributed by atoms with E-state index in [1.54, 1.807) is 0 Å². The number of hydrogen-bond donors (Lipinski definition) is 1. The molecule has 0 aliphatic heterocycles. The third-order valence-electron chi connectivity index (χ3n) is 1.38. The van der Waals surface area contributed by atoms with E-state index in [0.29, 0.717) is 0 Å². The molecule has 1 atom stereocenters. The second-order valence-electron chi connectivity index (χ2n) is 2.11. The molecule has 1 N–H and O–H groups in total. The van der Waals surface area contributed by atoms with Gasteiger partial charge in [-0.3, -0.25) is 0 Å². The minimum Gasteiger partial charge on any atom is -0.430 e. The van der Waals surface area contributed by atoms with Crippen LogP contribution in [0.25, 0.3) is 0 Å². The van der Waals surface area contributed by atoms with Crippen LogP contribution >= 0.6 is 0 Å². The zero-order valence-corrected chi connectivity index (χ0v) is 6.26. The highest BCUT2D eigenvalue weighted by Crippen LogP contribution is 2.03. The molecule has 0 spiro atoms. The zero-order chi connectivity index (χ0) is 7.11. The van der Waals surface area contributed by atoms with Gasteiger partial charge in [-0.05, 0) is 12.8 Å². The van der Waals surface area contributed by atoms with Crippen molar-refractivity contribution < 1.29 is 9.68 Å². The highest BCUT2D eigenvalue weighted by Gasteiger charge is 2.02. The number of rotatable bonds is 5. The van der Waals surface area contributed by atoms with Crippen molar-refractivity contribution in [1.29, 1.82) is 0 Å². The molecule has 54 valence electrons. The third kappa shape index (κ3) is 4.49. The highest BCUT2D eigenvalue weighted by molar-refractivity contribution is 6.15. The summed E-state index contributed by atoms with van der Waals surface area (Å²) in [6.07, 6.45) is 3.43. The Balaban J connectivity index is 3.18. The van der Waals surface area contributed by atoms with Crippen molar-refractivity contribution in [2.45, 2.75) is 39.2 Å². The molecule has 2 nitrogen and oxygen atoms in total. The fraction of sp³-hybridized carbons (Fsp3) is 1.00. The van der Waals surface area contributed by atoms with Crippen LogP contribution in [-0.2, 0) is 4.65 Å². The lowest BCUT2D eigenvalue weighted by atomic mass is 10.1. The SMILES string of the molecule is CCCC(CC)OBO. The lowest BCUT2D eigenvalue weighted by Gasteiger charge is -2.11. The fourth-order valence-electron chi connectivity index (χ4n) is 0.833. The first-order valence-electron chi connectivity index (χ1n) is 3.57. The third-order valence-corrected chi connectivity index (χ3v) is 1.38. The van der Waals surface area contributed by atoms with Crippen molar-refractivity contribution in [3.05, 3.63) is 0 Å². The molecular formula is C6H15BO2. The van der Waals surface area contributed by atoms with Crippen LogP contribution in [0.3, 0.4) is 0 Å².